The van der Waals surface area contributed by atoms with Gasteiger partial charge in [-0.25, -0.2) is 25.3 Å². The molecule has 0 saturated heterocycles. The zero-order valence-electron chi connectivity index (χ0n) is 11.4. The van der Waals surface area contributed by atoms with E-state index in [4.69, 9.17) is 38.9 Å². The molecule has 0 aliphatic carbocycles. The molecule has 10 nitrogen and oxygen atoms in total. The fourth-order valence-corrected chi connectivity index (χ4v) is 0. The Balaban J connectivity index is -0.0000000494. The van der Waals surface area contributed by atoms with Crippen LogP contribution in [0.1, 0.15) is 13.8 Å². The molecule has 0 radical (unpaired) electrons. The molecule has 0 saturated carbocycles. The van der Waals surface area contributed by atoms with Crippen LogP contribution in [0.25, 0.3) is 0 Å². The maximum absolute atomic E-state index is 9.53. The van der Waals surface area contributed by atoms with E-state index in [1.54, 1.807) is 13.8 Å². The molecule has 0 N–H and O–H groups in total. The molecule has 0 aliphatic heterocycles. The number of hydrogen-bond donors (Lipinski definition) is 0. The van der Waals surface area contributed by atoms with E-state index in [-0.39, 0.29) is 21.7 Å². The van der Waals surface area contributed by atoms with Gasteiger partial charge in [-0.1, -0.05) is 13.8 Å². The van der Waals surface area contributed by atoms with Crippen molar-refractivity contribution in [2.45, 2.75) is 20.0 Å². The van der Waals surface area contributed by atoms with Gasteiger partial charge in [0.25, 0.3) is 0 Å². The maximum Gasteiger partial charge on any atom is 4.00 e. The quantitative estimate of drug-likeness (QED) is 0.307. The topological polar surface area (TPSA) is 195 Å². The summed E-state index contributed by atoms with van der Waals surface area (Å²) in [6, 6.07) is 0. The van der Waals surface area contributed by atoms with Crippen LogP contribution in [0, 0.1) is 0 Å². The second-order valence-corrected chi connectivity index (χ2v) is 7.39. The Labute approximate surface area is 134 Å². The van der Waals surface area contributed by atoms with Crippen molar-refractivity contribution >= 4 is 30.4 Å². The van der Waals surface area contributed by atoms with E-state index in [2.05, 4.69) is 0 Å². The summed E-state index contributed by atoms with van der Waals surface area (Å²) >= 11 is 0. The van der Waals surface area contributed by atoms with Gasteiger partial charge in [0, 0.05) is 18.8 Å². The predicted octanol–water partition coefficient (Wildman–Crippen LogP) is -2.76. The molecule has 0 aliphatic rings. The van der Waals surface area contributed by atoms with Crippen LogP contribution in [0.3, 0.4) is 0 Å². The van der Waals surface area contributed by atoms with E-state index >= 15 is 0 Å². The van der Waals surface area contributed by atoms with Crippen molar-refractivity contribution < 1.29 is 65.7 Å². The van der Waals surface area contributed by atoms with E-state index in [0.717, 1.165) is 0 Å². The van der Waals surface area contributed by atoms with E-state index in [1.165, 1.54) is 0 Å². The average Bonchev–Trinajstić information content (AvgIpc) is 1.66. The van der Waals surface area contributed by atoms with Crippen LogP contribution in [0.2, 0.25) is 0 Å². The predicted molar refractivity (Wildman–Crippen MR) is 62.0 cm³/mol. The van der Waals surface area contributed by atoms with Gasteiger partial charge in [-0.05, 0) is 0 Å². The van der Waals surface area contributed by atoms with Crippen molar-refractivity contribution in [2.24, 2.45) is 0 Å². The van der Waals surface area contributed by atoms with Crippen LogP contribution in [-0.2, 0) is 52.1 Å². The maximum atomic E-state index is 9.53. The van der Waals surface area contributed by atoms with Crippen molar-refractivity contribution in [1.82, 2.24) is 0 Å². The third kappa shape index (κ3) is 34100. The van der Waals surface area contributed by atoms with Crippen molar-refractivity contribution in [1.29, 1.82) is 0 Å². The summed E-state index contributed by atoms with van der Waals surface area (Å²) in [5.41, 5.74) is 0. The SMILES string of the molecule is CC(C)[O-].CS(=O)(=O)[O-].CS(=O)(=O)[O-].CS(=O)(=O)[O-].[Ti+4]. The van der Waals surface area contributed by atoms with Gasteiger partial charge in [0.2, 0.25) is 0 Å². The average molecular weight is 392 g/mol. The van der Waals surface area contributed by atoms with E-state index in [1.807, 2.05) is 0 Å². The molecule has 0 bridgehead atoms. The van der Waals surface area contributed by atoms with Crippen LogP contribution < -0.4 is 5.11 Å². The summed E-state index contributed by atoms with van der Waals surface area (Å²) in [5.74, 6) is 0. The molecule has 0 atom stereocenters. The third-order valence-corrected chi connectivity index (χ3v) is 0. The minimum atomic E-state index is -3.92. The minimum Gasteiger partial charge on any atom is -0.852 e. The summed E-state index contributed by atoms with van der Waals surface area (Å²) < 4.78 is 81.7. The van der Waals surface area contributed by atoms with Crippen molar-refractivity contribution in [3.05, 3.63) is 0 Å². The van der Waals surface area contributed by atoms with Crippen LogP contribution in [0.15, 0.2) is 0 Å². The normalized spacial score (nSPS) is 10.5. The van der Waals surface area contributed by atoms with Gasteiger partial charge >= 0.3 is 21.7 Å². The minimum absolute atomic E-state index is 0. The molecule has 0 amide bonds. The molecule has 0 spiro atoms. The third-order valence-electron chi connectivity index (χ3n) is 0. The van der Waals surface area contributed by atoms with Crippen LogP contribution in [0.5, 0.6) is 0 Å². The smallest absolute Gasteiger partial charge is 0.852 e. The molecule has 0 heterocycles. The zero-order valence-corrected chi connectivity index (χ0v) is 15.4. The van der Waals surface area contributed by atoms with Gasteiger partial charge in [0.1, 0.15) is 0 Å². The summed E-state index contributed by atoms with van der Waals surface area (Å²) in [6.07, 6.45) is 1.40. The molecule has 0 fully saturated rings. The van der Waals surface area contributed by atoms with E-state index in [9.17, 15) is 5.11 Å². The Hall–Kier alpha value is 0.404. The van der Waals surface area contributed by atoms with Gasteiger partial charge in [-0.3, -0.25) is 0 Å². The summed E-state index contributed by atoms with van der Waals surface area (Å²) in [6.45, 7) is 3.22. The monoisotopic (exact) mass is 392 g/mol. The molecule has 0 unspecified atom stereocenters. The molecule has 0 aromatic carbocycles. The second kappa shape index (κ2) is 14.3. The standard InChI is InChI=1S/C3H7O.3CH4O3S.Ti/c1-3(2)4;3*1-5(2,3)4;/h3H,1-2H3;3*1H3,(H,2,3,4);/q-1;;;;+4/p-3. The Morgan fingerprint density at radius 2 is 0.650 bits per heavy atom. The molecule has 0 rings (SSSR count). The first-order valence-electron chi connectivity index (χ1n) is 4.12. The van der Waals surface area contributed by atoms with Crippen molar-refractivity contribution in [3.8, 4) is 0 Å². The summed E-state index contributed by atoms with van der Waals surface area (Å²) in [5, 5.41) is 9.53. The Kier molecular flexibility index (Phi) is 23.2. The Bertz CT molecular complexity index is 391. The second-order valence-electron chi connectivity index (χ2n) is 3.16. The van der Waals surface area contributed by atoms with Gasteiger partial charge in [-0.15, -0.1) is 6.10 Å². The first-order valence-corrected chi connectivity index (χ1v) is 9.56. The fraction of sp³-hybridized carbons (Fsp3) is 1.00. The van der Waals surface area contributed by atoms with Crippen molar-refractivity contribution in [3.63, 3.8) is 0 Å². The molecular formula is C6H16O10S3Ti. The largest absolute Gasteiger partial charge is 4.00 e. The van der Waals surface area contributed by atoms with Crippen LogP contribution >= 0.6 is 0 Å². The number of rotatable bonds is 0. The Morgan fingerprint density at radius 3 is 0.650 bits per heavy atom. The molecule has 14 heteroatoms. The van der Waals surface area contributed by atoms with Gasteiger partial charge in [0.05, 0.1) is 30.4 Å². The summed E-state index contributed by atoms with van der Waals surface area (Å²) in [4.78, 5) is 0. The molecule has 0 aromatic heterocycles. The molecular weight excluding hydrogens is 376 g/mol. The molecule has 20 heavy (non-hydrogen) atoms. The summed E-state index contributed by atoms with van der Waals surface area (Å²) in [7, 11) is -11.8. The fourth-order valence-electron chi connectivity index (χ4n) is 0. The van der Waals surface area contributed by atoms with Gasteiger partial charge in [-0.2, -0.15) is 0 Å². The van der Waals surface area contributed by atoms with Crippen molar-refractivity contribution in [2.75, 3.05) is 18.8 Å². The first kappa shape index (κ1) is 32.4. The molecule has 0 aromatic rings. The van der Waals surface area contributed by atoms with E-state index in [0.29, 0.717) is 18.8 Å². The first-order chi connectivity index (χ1) is 7.73. The van der Waals surface area contributed by atoms with Crippen LogP contribution in [0.4, 0.5) is 0 Å². The van der Waals surface area contributed by atoms with Gasteiger partial charge < -0.3 is 18.8 Å². The van der Waals surface area contributed by atoms with Gasteiger partial charge in [0.15, 0.2) is 0 Å². The molecule has 122 valence electrons. The van der Waals surface area contributed by atoms with E-state index < -0.39 is 36.5 Å². The Morgan fingerprint density at radius 1 is 0.650 bits per heavy atom. The zero-order chi connectivity index (χ0) is 17.1. The number of hydrogen-bond acceptors (Lipinski definition) is 10. The van der Waals surface area contributed by atoms with Crippen LogP contribution in [-0.4, -0.2) is 63.8 Å².